The van der Waals surface area contributed by atoms with Crippen molar-refractivity contribution in [3.8, 4) is 0 Å². The molecule has 0 radical (unpaired) electrons. The maximum absolute atomic E-state index is 12.1. The van der Waals surface area contributed by atoms with Gasteiger partial charge in [0.1, 0.15) is 0 Å². The van der Waals surface area contributed by atoms with E-state index in [0.717, 1.165) is 23.1 Å². The minimum atomic E-state index is -0.449. The first-order chi connectivity index (χ1) is 9.58. The Hall–Kier alpha value is -1.40. The van der Waals surface area contributed by atoms with Crippen molar-refractivity contribution in [3.63, 3.8) is 0 Å². The Morgan fingerprint density at radius 1 is 1.25 bits per heavy atom. The van der Waals surface area contributed by atoms with Gasteiger partial charge in [-0.05, 0) is 17.7 Å². The Bertz CT molecular complexity index is 484. The topological polar surface area (TPSA) is 52.7 Å². The molecule has 1 aromatic carbocycles. The molecule has 6 heteroatoms. The molecule has 0 spiro atoms. The van der Waals surface area contributed by atoms with Gasteiger partial charge in [0.2, 0.25) is 0 Å². The Labute approximate surface area is 127 Å². The first-order valence-electron chi connectivity index (χ1n) is 6.57. The highest BCUT2D eigenvalue weighted by Gasteiger charge is 2.25. The van der Waals surface area contributed by atoms with Crippen LogP contribution in [-0.2, 0) is 16.1 Å². The summed E-state index contributed by atoms with van der Waals surface area (Å²) in [6, 6.07) is 7.71. The van der Waals surface area contributed by atoms with Crippen LogP contribution >= 0.6 is 15.9 Å². The van der Waals surface area contributed by atoms with Gasteiger partial charge in [0, 0.05) is 44.2 Å². The van der Waals surface area contributed by atoms with Crippen LogP contribution in [0.4, 0.5) is 0 Å². The molecule has 0 unspecified atom stereocenters. The Morgan fingerprint density at radius 2 is 1.85 bits per heavy atom. The minimum absolute atomic E-state index is 0.411. The summed E-state index contributed by atoms with van der Waals surface area (Å²) in [5.74, 6) is -0.860. The fraction of sp³-hybridized carbons (Fsp3) is 0.429. The third kappa shape index (κ3) is 3.80. The van der Waals surface area contributed by atoms with Crippen LogP contribution in [0.15, 0.2) is 28.7 Å². The van der Waals surface area contributed by atoms with Crippen LogP contribution in [-0.4, -0.2) is 54.8 Å². The second kappa shape index (κ2) is 6.85. The second-order valence-electron chi connectivity index (χ2n) is 4.83. The van der Waals surface area contributed by atoms with Crippen molar-refractivity contribution < 1.29 is 9.59 Å². The fourth-order valence-corrected chi connectivity index (χ4v) is 2.37. The van der Waals surface area contributed by atoms with E-state index in [4.69, 9.17) is 0 Å². The summed E-state index contributed by atoms with van der Waals surface area (Å²) in [6.45, 7) is 3.11. The maximum Gasteiger partial charge on any atom is 0.312 e. The molecule has 0 bridgehead atoms. The molecule has 0 saturated carbocycles. The van der Waals surface area contributed by atoms with E-state index in [2.05, 4.69) is 21.2 Å². The lowest BCUT2D eigenvalue weighted by Crippen LogP contribution is -2.51. The van der Waals surface area contributed by atoms with Gasteiger partial charge >= 0.3 is 11.8 Å². The van der Waals surface area contributed by atoms with Crippen molar-refractivity contribution in [2.45, 2.75) is 6.54 Å². The maximum atomic E-state index is 12.1. The zero-order chi connectivity index (χ0) is 14.5. The van der Waals surface area contributed by atoms with Gasteiger partial charge in [0.25, 0.3) is 0 Å². The summed E-state index contributed by atoms with van der Waals surface area (Å²) in [5.41, 5.74) is 0.997. The molecule has 0 atom stereocenters. The molecule has 0 aliphatic carbocycles. The molecular weight excluding hydrogens is 322 g/mol. The number of benzene rings is 1. The molecule has 2 rings (SSSR count). The van der Waals surface area contributed by atoms with Crippen LogP contribution in [0.3, 0.4) is 0 Å². The van der Waals surface area contributed by atoms with Gasteiger partial charge in [-0.3, -0.25) is 9.59 Å². The SMILES string of the molecule is CN(Cc1ccc(Br)cc1)C(=O)C(=O)N1CCNCC1. The van der Waals surface area contributed by atoms with Gasteiger partial charge in [-0.2, -0.15) is 0 Å². The lowest BCUT2D eigenvalue weighted by molar-refractivity contribution is -0.151. The smallest absolute Gasteiger partial charge is 0.312 e. The number of hydrogen-bond acceptors (Lipinski definition) is 3. The highest BCUT2D eigenvalue weighted by Crippen LogP contribution is 2.12. The van der Waals surface area contributed by atoms with E-state index in [1.807, 2.05) is 24.3 Å². The zero-order valence-corrected chi connectivity index (χ0v) is 13.0. The molecule has 1 aliphatic heterocycles. The van der Waals surface area contributed by atoms with E-state index in [-0.39, 0.29) is 0 Å². The number of halogens is 1. The molecule has 1 aromatic rings. The Kier molecular flexibility index (Phi) is 5.14. The largest absolute Gasteiger partial charge is 0.333 e. The van der Waals surface area contributed by atoms with E-state index in [1.54, 1.807) is 11.9 Å². The van der Waals surface area contributed by atoms with Crippen LogP contribution in [0.2, 0.25) is 0 Å². The zero-order valence-electron chi connectivity index (χ0n) is 11.4. The van der Waals surface area contributed by atoms with E-state index in [0.29, 0.717) is 19.6 Å². The summed E-state index contributed by atoms with van der Waals surface area (Å²) in [6.07, 6.45) is 0. The van der Waals surface area contributed by atoms with Crippen LogP contribution in [0, 0.1) is 0 Å². The first kappa shape index (κ1) is 15.0. The van der Waals surface area contributed by atoms with Gasteiger partial charge in [-0.25, -0.2) is 0 Å². The Morgan fingerprint density at radius 3 is 2.45 bits per heavy atom. The number of carbonyl (C=O) groups is 2. The minimum Gasteiger partial charge on any atom is -0.333 e. The molecule has 1 aliphatic rings. The molecule has 1 heterocycles. The van der Waals surface area contributed by atoms with Crippen molar-refractivity contribution in [2.75, 3.05) is 33.2 Å². The number of rotatable bonds is 2. The van der Waals surface area contributed by atoms with Crippen molar-refractivity contribution >= 4 is 27.7 Å². The molecule has 2 amide bonds. The van der Waals surface area contributed by atoms with Crippen molar-refractivity contribution in [2.24, 2.45) is 0 Å². The number of amides is 2. The summed E-state index contributed by atoms with van der Waals surface area (Å²) in [4.78, 5) is 27.3. The van der Waals surface area contributed by atoms with E-state index >= 15 is 0 Å². The highest BCUT2D eigenvalue weighted by atomic mass is 79.9. The van der Waals surface area contributed by atoms with E-state index in [9.17, 15) is 9.59 Å². The monoisotopic (exact) mass is 339 g/mol. The van der Waals surface area contributed by atoms with Crippen LogP contribution in [0.25, 0.3) is 0 Å². The molecule has 1 fully saturated rings. The van der Waals surface area contributed by atoms with Crippen molar-refractivity contribution in [1.82, 2.24) is 15.1 Å². The van der Waals surface area contributed by atoms with Gasteiger partial charge in [0.05, 0.1) is 0 Å². The predicted molar refractivity (Wildman–Crippen MR) is 80.1 cm³/mol. The Balaban J connectivity index is 1.93. The number of hydrogen-bond donors (Lipinski definition) is 1. The van der Waals surface area contributed by atoms with Gasteiger partial charge in [-0.15, -0.1) is 0 Å². The van der Waals surface area contributed by atoms with Crippen molar-refractivity contribution in [1.29, 1.82) is 0 Å². The van der Waals surface area contributed by atoms with Gasteiger partial charge < -0.3 is 15.1 Å². The summed E-state index contributed by atoms with van der Waals surface area (Å²) in [7, 11) is 1.66. The molecule has 0 aromatic heterocycles. The van der Waals surface area contributed by atoms with Crippen LogP contribution < -0.4 is 5.32 Å². The number of nitrogens with one attached hydrogen (secondary N) is 1. The van der Waals surface area contributed by atoms with E-state index < -0.39 is 11.8 Å². The molecule has 20 heavy (non-hydrogen) atoms. The number of carbonyl (C=O) groups excluding carboxylic acids is 2. The number of likely N-dealkylation sites (N-methyl/N-ethyl adjacent to an activating group) is 1. The van der Waals surface area contributed by atoms with Crippen LogP contribution in [0.5, 0.6) is 0 Å². The second-order valence-corrected chi connectivity index (χ2v) is 5.75. The number of nitrogens with zero attached hydrogens (tertiary/aromatic N) is 2. The third-order valence-electron chi connectivity index (χ3n) is 3.27. The van der Waals surface area contributed by atoms with Gasteiger partial charge in [0.15, 0.2) is 0 Å². The third-order valence-corrected chi connectivity index (χ3v) is 3.80. The lowest BCUT2D eigenvalue weighted by Gasteiger charge is -2.28. The lowest BCUT2D eigenvalue weighted by atomic mass is 10.2. The van der Waals surface area contributed by atoms with Crippen molar-refractivity contribution in [3.05, 3.63) is 34.3 Å². The average molecular weight is 340 g/mol. The summed E-state index contributed by atoms with van der Waals surface area (Å²) >= 11 is 3.37. The molecular formula is C14H18BrN3O2. The molecule has 108 valence electrons. The number of piperazine rings is 1. The summed E-state index contributed by atoms with van der Waals surface area (Å²) < 4.78 is 0.993. The molecule has 5 nitrogen and oxygen atoms in total. The normalized spacial score (nSPS) is 15.0. The average Bonchev–Trinajstić information content (AvgIpc) is 2.49. The summed E-state index contributed by atoms with van der Waals surface area (Å²) in [5, 5.41) is 3.16. The quantitative estimate of drug-likeness (QED) is 0.812. The molecule has 1 saturated heterocycles. The predicted octanol–water partition coefficient (Wildman–Crippen LogP) is 0.839. The van der Waals surface area contributed by atoms with Crippen LogP contribution in [0.1, 0.15) is 5.56 Å². The van der Waals surface area contributed by atoms with E-state index in [1.165, 1.54) is 4.90 Å². The van der Waals surface area contributed by atoms with Gasteiger partial charge in [-0.1, -0.05) is 28.1 Å². The standard InChI is InChI=1S/C14H18BrN3O2/c1-17(10-11-2-4-12(15)5-3-11)13(19)14(20)18-8-6-16-7-9-18/h2-5,16H,6-10H2,1H3. The molecule has 1 N–H and O–H groups in total. The fourth-order valence-electron chi connectivity index (χ4n) is 2.10. The highest BCUT2D eigenvalue weighted by molar-refractivity contribution is 9.10. The first-order valence-corrected chi connectivity index (χ1v) is 7.37.